The summed E-state index contributed by atoms with van der Waals surface area (Å²) in [4.78, 5) is 25.7. The largest absolute Gasteiger partial charge is 0.459 e. The lowest BCUT2D eigenvalue weighted by Gasteiger charge is -2.21. The Hall–Kier alpha value is -3.49. The fourth-order valence-corrected chi connectivity index (χ4v) is 4.44. The van der Waals surface area contributed by atoms with Crippen molar-refractivity contribution in [1.82, 2.24) is 10.0 Å². The average molecular weight is 481 g/mol. The molecule has 0 aliphatic carbocycles. The summed E-state index contributed by atoms with van der Waals surface area (Å²) in [6.45, 7) is 3.34. The third-order valence-electron chi connectivity index (χ3n) is 5.16. The average Bonchev–Trinajstić information content (AvgIpc) is 2.83. The van der Waals surface area contributed by atoms with Gasteiger partial charge in [-0.25, -0.2) is 13.2 Å². The molecule has 0 heterocycles. The van der Waals surface area contributed by atoms with Gasteiger partial charge in [-0.2, -0.15) is 4.72 Å². The number of benzene rings is 3. The zero-order valence-corrected chi connectivity index (χ0v) is 19.9. The highest BCUT2D eigenvalue weighted by atomic mass is 32.2. The van der Waals surface area contributed by atoms with Crippen molar-refractivity contribution in [3.63, 3.8) is 0 Å². The molecule has 1 amide bonds. The number of esters is 1. The number of hydrogen-bond donors (Lipinski definition) is 2. The first-order valence-corrected chi connectivity index (χ1v) is 12.4. The first-order chi connectivity index (χ1) is 16.2. The molecule has 0 unspecified atom stereocenters. The van der Waals surface area contributed by atoms with E-state index in [4.69, 9.17) is 4.74 Å². The van der Waals surface area contributed by atoms with Crippen LogP contribution in [0.2, 0.25) is 0 Å². The fraction of sp³-hybridized carbons (Fsp3) is 0.231. The SMILES string of the molecule is Cc1ccc(S(=O)(=O)N[C@@H](C)C(=O)N[C@@H](Cc2ccccc2)C(=O)OCc2ccccc2)cc1. The molecule has 3 aromatic carbocycles. The number of aryl methyl sites for hydroxylation is 1. The highest BCUT2D eigenvalue weighted by molar-refractivity contribution is 7.89. The van der Waals surface area contributed by atoms with Crippen LogP contribution in [-0.4, -0.2) is 32.4 Å². The fourth-order valence-electron chi connectivity index (χ4n) is 3.24. The van der Waals surface area contributed by atoms with Gasteiger partial charge in [0.1, 0.15) is 12.6 Å². The van der Waals surface area contributed by atoms with Gasteiger partial charge in [0, 0.05) is 6.42 Å². The molecule has 7 nitrogen and oxygen atoms in total. The van der Waals surface area contributed by atoms with E-state index in [0.717, 1.165) is 16.7 Å². The van der Waals surface area contributed by atoms with Gasteiger partial charge in [0.2, 0.25) is 15.9 Å². The van der Waals surface area contributed by atoms with Crippen molar-refractivity contribution in [2.24, 2.45) is 0 Å². The summed E-state index contributed by atoms with van der Waals surface area (Å²) in [7, 11) is -3.91. The summed E-state index contributed by atoms with van der Waals surface area (Å²) in [6.07, 6.45) is 0.206. The lowest BCUT2D eigenvalue weighted by Crippen LogP contribution is -2.51. The van der Waals surface area contributed by atoms with Gasteiger partial charge >= 0.3 is 5.97 Å². The molecule has 0 saturated heterocycles. The molecule has 34 heavy (non-hydrogen) atoms. The minimum atomic E-state index is -3.91. The Balaban J connectivity index is 1.69. The normalized spacial score (nSPS) is 13.0. The maximum absolute atomic E-state index is 12.8. The summed E-state index contributed by atoms with van der Waals surface area (Å²) in [5, 5.41) is 2.64. The van der Waals surface area contributed by atoms with Crippen LogP contribution in [0.3, 0.4) is 0 Å². The van der Waals surface area contributed by atoms with Gasteiger partial charge in [0.15, 0.2) is 0 Å². The van der Waals surface area contributed by atoms with E-state index in [1.54, 1.807) is 12.1 Å². The Morgan fingerprint density at radius 1 is 0.853 bits per heavy atom. The molecule has 3 rings (SSSR count). The van der Waals surface area contributed by atoms with E-state index in [1.165, 1.54) is 19.1 Å². The van der Waals surface area contributed by atoms with Crippen molar-refractivity contribution < 1.29 is 22.7 Å². The maximum Gasteiger partial charge on any atom is 0.329 e. The highest BCUT2D eigenvalue weighted by Gasteiger charge is 2.28. The second kappa shape index (κ2) is 11.6. The van der Waals surface area contributed by atoms with Crippen molar-refractivity contribution >= 4 is 21.9 Å². The third-order valence-corrected chi connectivity index (χ3v) is 6.72. The molecule has 178 valence electrons. The monoisotopic (exact) mass is 480 g/mol. The van der Waals surface area contributed by atoms with Crippen LogP contribution in [0.5, 0.6) is 0 Å². The van der Waals surface area contributed by atoms with Crippen molar-refractivity contribution in [2.45, 2.75) is 43.9 Å². The first kappa shape index (κ1) is 25.1. The van der Waals surface area contributed by atoms with Crippen LogP contribution < -0.4 is 10.0 Å². The Labute approximate surface area is 200 Å². The van der Waals surface area contributed by atoms with E-state index in [0.29, 0.717) is 0 Å². The van der Waals surface area contributed by atoms with E-state index < -0.39 is 34.0 Å². The summed E-state index contributed by atoms with van der Waals surface area (Å²) in [5.74, 6) is -1.23. The molecule has 0 aromatic heterocycles. The van der Waals surface area contributed by atoms with E-state index in [1.807, 2.05) is 67.6 Å². The Bertz CT molecular complexity index is 1200. The highest BCUT2D eigenvalue weighted by Crippen LogP contribution is 2.11. The molecular weight excluding hydrogens is 452 g/mol. The number of sulfonamides is 1. The van der Waals surface area contributed by atoms with Crippen molar-refractivity contribution in [3.8, 4) is 0 Å². The molecule has 0 aliphatic rings. The molecule has 0 bridgehead atoms. The molecule has 0 aliphatic heterocycles. The van der Waals surface area contributed by atoms with Crippen LogP contribution in [-0.2, 0) is 37.4 Å². The summed E-state index contributed by atoms with van der Waals surface area (Å²) in [6, 6.07) is 22.6. The number of nitrogens with one attached hydrogen (secondary N) is 2. The predicted octanol–water partition coefficient (Wildman–Crippen LogP) is 3.13. The van der Waals surface area contributed by atoms with Crippen LogP contribution in [0, 0.1) is 6.92 Å². The molecule has 0 radical (unpaired) electrons. The quantitative estimate of drug-likeness (QED) is 0.434. The molecule has 0 saturated carbocycles. The second-order valence-corrected chi connectivity index (χ2v) is 9.71. The number of hydrogen-bond acceptors (Lipinski definition) is 5. The number of carbonyl (C=O) groups is 2. The van der Waals surface area contributed by atoms with Crippen molar-refractivity contribution in [2.75, 3.05) is 0 Å². The zero-order chi connectivity index (χ0) is 24.6. The number of amides is 1. The van der Waals surface area contributed by atoms with Gasteiger partial charge in [-0.3, -0.25) is 4.79 Å². The molecule has 0 spiro atoms. The predicted molar refractivity (Wildman–Crippen MR) is 129 cm³/mol. The molecule has 8 heteroatoms. The van der Waals surface area contributed by atoms with Gasteiger partial charge in [-0.1, -0.05) is 78.4 Å². The second-order valence-electron chi connectivity index (χ2n) is 8.00. The molecule has 2 atom stereocenters. The summed E-state index contributed by atoms with van der Waals surface area (Å²) in [5.41, 5.74) is 2.57. The lowest BCUT2D eigenvalue weighted by molar-refractivity contribution is -0.149. The maximum atomic E-state index is 12.8. The Morgan fingerprint density at radius 3 is 2.00 bits per heavy atom. The van der Waals surface area contributed by atoms with Crippen molar-refractivity contribution in [3.05, 3.63) is 102 Å². The van der Waals surface area contributed by atoms with Gasteiger partial charge in [-0.05, 0) is 37.1 Å². The number of carbonyl (C=O) groups excluding carboxylic acids is 2. The molecular formula is C26H28N2O5S. The minimum Gasteiger partial charge on any atom is -0.459 e. The van der Waals surface area contributed by atoms with E-state index in [9.17, 15) is 18.0 Å². The van der Waals surface area contributed by atoms with Gasteiger partial charge in [0.25, 0.3) is 0 Å². The number of ether oxygens (including phenoxy) is 1. The minimum absolute atomic E-state index is 0.0563. The number of rotatable bonds is 10. The smallest absolute Gasteiger partial charge is 0.329 e. The zero-order valence-electron chi connectivity index (χ0n) is 19.1. The summed E-state index contributed by atoms with van der Waals surface area (Å²) >= 11 is 0. The lowest BCUT2D eigenvalue weighted by atomic mass is 10.1. The Morgan fingerprint density at radius 2 is 1.41 bits per heavy atom. The van der Waals surface area contributed by atoms with E-state index in [-0.39, 0.29) is 17.9 Å². The standard InChI is InChI=1S/C26H28N2O5S/c1-19-13-15-23(16-14-19)34(31,32)28-20(2)25(29)27-24(17-21-9-5-3-6-10-21)26(30)33-18-22-11-7-4-8-12-22/h3-16,20,24,28H,17-18H2,1-2H3,(H,27,29)/t20-,24-/m0/s1. The molecule has 0 fully saturated rings. The topological polar surface area (TPSA) is 102 Å². The first-order valence-electron chi connectivity index (χ1n) is 10.9. The van der Waals surface area contributed by atoms with Crippen LogP contribution in [0.4, 0.5) is 0 Å². The Kier molecular flexibility index (Phi) is 8.56. The van der Waals surface area contributed by atoms with E-state index in [2.05, 4.69) is 10.0 Å². The van der Waals surface area contributed by atoms with Gasteiger partial charge < -0.3 is 10.1 Å². The van der Waals surface area contributed by atoms with Crippen LogP contribution in [0.1, 0.15) is 23.6 Å². The third kappa shape index (κ3) is 7.26. The van der Waals surface area contributed by atoms with Crippen molar-refractivity contribution in [1.29, 1.82) is 0 Å². The molecule has 3 aromatic rings. The van der Waals surface area contributed by atoms with Gasteiger partial charge in [0.05, 0.1) is 10.9 Å². The van der Waals surface area contributed by atoms with Crippen LogP contribution >= 0.6 is 0 Å². The summed E-state index contributed by atoms with van der Waals surface area (Å²) < 4.78 is 33.1. The van der Waals surface area contributed by atoms with E-state index >= 15 is 0 Å². The van der Waals surface area contributed by atoms with Crippen LogP contribution in [0.15, 0.2) is 89.8 Å². The van der Waals surface area contributed by atoms with Crippen LogP contribution in [0.25, 0.3) is 0 Å². The van der Waals surface area contributed by atoms with Gasteiger partial charge in [-0.15, -0.1) is 0 Å². The molecule has 2 N–H and O–H groups in total.